The van der Waals surface area contributed by atoms with E-state index in [1.54, 1.807) is 0 Å². The van der Waals surface area contributed by atoms with Crippen molar-refractivity contribution in [2.24, 2.45) is 17.5 Å². The van der Waals surface area contributed by atoms with Gasteiger partial charge in [0.15, 0.2) is 5.96 Å². The van der Waals surface area contributed by atoms with Gasteiger partial charge >= 0.3 is 0 Å². The molecular formula is C17H31N5O. The summed E-state index contributed by atoms with van der Waals surface area (Å²) in [4.78, 5) is 18.5. The molecule has 0 saturated heterocycles. The fraction of sp³-hybridized carbons (Fsp3) is 0.647. The molecule has 0 aliphatic rings. The zero-order chi connectivity index (χ0) is 17.5. The van der Waals surface area contributed by atoms with Crippen LogP contribution in [0, 0.1) is 5.41 Å². The minimum Gasteiger partial charge on any atom is -0.357 e. The van der Waals surface area contributed by atoms with Gasteiger partial charge in [0, 0.05) is 44.5 Å². The van der Waals surface area contributed by atoms with Gasteiger partial charge in [-0.15, -0.1) is 0 Å². The summed E-state index contributed by atoms with van der Waals surface area (Å²) in [5.74, 6) is 0.897. The zero-order valence-electron chi connectivity index (χ0n) is 15.3. The lowest BCUT2D eigenvalue weighted by Gasteiger charge is -2.22. The van der Waals surface area contributed by atoms with Crippen LogP contribution in [0.2, 0.25) is 0 Å². The number of carbonyl (C=O) groups is 1. The highest BCUT2D eigenvalue weighted by molar-refractivity contribution is 5.81. The number of hydrogen-bond acceptors (Lipinski definition) is 2. The van der Waals surface area contributed by atoms with E-state index in [2.05, 4.69) is 31.2 Å². The Morgan fingerprint density at radius 1 is 1.35 bits per heavy atom. The summed E-state index contributed by atoms with van der Waals surface area (Å²) in [7, 11) is 4.05. The molecule has 0 bridgehead atoms. The maximum atomic E-state index is 11.8. The third-order valence-electron chi connectivity index (χ3n) is 3.49. The molecule has 23 heavy (non-hydrogen) atoms. The molecule has 0 spiro atoms. The Hall–Kier alpha value is -1.98. The molecule has 1 aromatic rings. The molecule has 0 aliphatic heterocycles. The first-order valence-electron chi connectivity index (χ1n) is 8.13. The minimum absolute atomic E-state index is 0.0508. The topological polar surface area (TPSA) is 61.7 Å². The smallest absolute Gasteiger partial charge is 0.225 e. The predicted octanol–water partition coefficient (Wildman–Crippen LogP) is 1.58. The second-order valence-electron chi connectivity index (χ2n) is 6.71. The van der Waals surface area contributed by atoms with E-state index in [-0.39, 0.29) is 11.3 Å². The fourth-order valence-corrected chi connectivity index (χ4v) is 2.04. The molecule has 0 aliphatic carbocycles. The number of aliphatic imine (C=N–C) groups is 1. The molecule has 0 unspecified atom stereocenters. The van der Waals surface area contributed by atoms with E-state index in [0.717, 1.165) is 19.0 Å². The SMILES string of the molecule is CCNC(=NCCNC(=O)C(C)(C)C)N(C)Cc1cccn1C. The Kier molecular flexibility index (Phi) is 7.13. The van der Waals surface area contributed by atoms with Crippen LogP contribution in [0.5, 0.6) is 0 Å². The maximum absolute atomic E-state index is 11.8. The van der Waals surface area contributed by atoms with E-state index < -0.39 is 0 Å². The molecule has 0 saturated carbocycles. The summed E-state index contributed by atoms with van der Waals surface area (Å²) in [6.07, 6.45) is 2.04. The first-order valence-corrected chi connectivity index (χ1v) is 8.13. The van der Waals surface area contributed by atoms with Crippen LogP contribution in [0.3, 0.4) is 0 Å². The summed E-state index contributed by atoms with van der Waals surface area (Å²) in [6, 6.07) is 4.14. The van der Waals surface area contributed by atoms with Crippen LogP contribution >= 0.6 is 0 Å². The summed E-state index contributed by atoms with van der Waals surface area (Å²) in [5.41, 5.74) is 0.858. The van der Waals surface area contributed by atoms with E-state index in [0.29, 0.717) is 13.1 Å². The molecule has 6 nitrogen and oxygen atoms in total. The van der Waals surface area contributed by atoms with Crippen molar-refractivity contribution in [3.05, 3.63) is 24.0 Å². The molecule has 130 valence electrons. The molecular weight excluding hydrogens is 290 g/mol. The highest BCUT2D eigenvalue weighted by Gasteiger charge is 2.20. The van der Waals surface area contributed by atoms with E-state index in [4.69, 9.17) is 0 Å². The first-order chi connectivity index (χ1) is 10.8. The number of aromatic nitrogens is 1. The largest absolute Gasteiger partial charge is 0.357 e. The van der Waals surface area contributed by atoms with Crippen molar-refractivity contribution < 1.29 is 4.79 Å². The molecule has 1 amide bonds. The van der Waals surface area contributed by atoms with Crippen molar-refractivity contribution >= 4 is 11.9 Å². The van der Waals surface area contributed by atoms with Gasteiger partial charge in [-0.1, -0.05) is 20.8 Å². The Morgan fingerprint density at radius 2 is 2.04 bits per heavy atom. The summed E-state index contributed by atoms with van der Waals surface area (Å²) in [6.45, 7) is 10.5. The van der Waals surface area contributed by atoms with Crippen molar-refractivity contribution in [2.45, 2.75) is 34.2 Å². The van der Waals surface area contributed by atoms with Gasteiger partial charge in [-0.3, -0.25) is 9.79 Å². The van der Waals surface area contributed by atoms with Crippen molar-refractivity contribution in [2.75, 3.05) is 26.7 Å². The average Bonchev–Trinajstić information content (AvgIpc) is 2.86. The van der Waals surface area contributed by atoms with Gasteiger partial charge in [0.05, 0.1) is 13.1 Å². The van der Waals surface area contributed by atoms with Gasteiger partial charge in [0.2, 0.25) is 5.91 Å². The van der Waals surface area contributed by atoms with Crippen LogP contribution in [0.1, 0.15) is 33.4 Å². The summed E-state index contributed by atoms with van der Waals surface area (Å²) < 4.78 is 2.10. The zero-order valence-corrected chi connectivity index (χ0v) is 15.3. The third kappa shape index (κ3) is 6.34. The number of amides is 1. The number of guanidine groups is 1. The van der Waals surface area contributed by atoms with Gasteiger partial charge in [-0.05, 0) is 19.1 Å². The molecule has 0 atom stereocenters. The Labute approximate surface area is 140 Å². The monoisotopic (exact) mass is 321 g/mol. The lowest BCUT2D eigenvalue weighted by molar-refractivity contribution is -0.128. The standard InChI is InChI=1S/C17H31N5O/c1-7-18-16(20-11-10-19-15(23)17(2,3)4)22(6)13-14-9-8-12-21(14)5/h8-9,12H,7,10-11,13H2,1-6H3,(H,18,20)(H,19,23). The van der Waals surface area contributed by atoms with Crippen LogP contribution in [-0.2, 0) is 18.4 Å². The van der Waals surface area contributed by atoms with E-state index in [1.807, 2.05) is 54.1 Å². The molecule has 2 N–H and O–H groups in total. The van der Waals surface area contributed by atoms with E-state index in [1.165, 1.54) is 5.69 Å². The number of nitrogens with zero attached hydrogens (tertiary/aromatic N) is 3. The fourth-order valence-electron chi connectivity index (χ4n) is 2.04. The van der Waals surface area contributed by atoms with Gasteiger partial charge < -0.3 is 20.1 Å². The highest BCUT2D eigenvalue weighted by atomic mass is 16.2. The van der Waals surface area contributed by atoms with E-state index >= 15 is 0 Å². The summed E-state index contributed by atoms with van der Waals surface area (Å²) in [5, 5.41) is 6.20. The predicted molar refractivity (Wildman–Crippen MR) is 95.3 cm³/mol. The van der Waals surface area contributed by atoms with Crippen molar-refractivity contribution in [1.29, 1.82) is 0 Å². The van der Waals surface area contributed by atoms with Crippen LogP contribution in [-0.4, -0.2) is 48.0 Å². The number of rotatable bonds is 6. The van der Waals surface area contributed by atoms with Crippen molar-refractivity contribution in [3.8, 4) is 0 Å². The number of carbonyl (C=O) groups excluding carboxylic acids is 1. The van der Waals surface area contributed by atoms with E-state index in [9.17, 15) is 4.79 Å². The molecule has 1 heterocycles. The van der Waals surface area contributed by atoms with Crippen LogP contribution in [0.25, 0.3) is 0 Å². The second-order valence-corrected chi connectivity index (χ2v) is 6.71. The van der Waals surface area contributed by atoms with Crippen LogP contribution in [0.15, 0.2) is 23.3 Å². The molecule has 6 heteroatoms. The molecule has 1 aromatic heterocycles. The lowest BCUT2D eigenvalue weighted by Crippen LogP contribution is -2.40. The lowest BCUT2D eigenvalue weighted by atomic mass is 9.96. The number of nitrogens with one attached hydrogen (secondary N) is 2. The van der Waals surface area contributed by atoms with Gasteiger partial charge in [-0.2, -0.15) is 0 Å². The van der Waals surface area contributed by atoms with Crippen LogP contribution in [0.4, 0.5) is 0 Å². The van der Waals surface area contributed by atoms with Gasteiger partial charge in [-0.25, -0.2) is 0 Å². The van der Waals surface area contributed by atoms with Gasteiger partial charge in [0.1, 0.15) is 0 Å². The number of aryl methyl sites for hydroxylation is 1. The highest BCUT2D eigenvalue weighted by Crippen LogP contribution is 2.11. The Morgan fingerprint density at radius 3 is 2.57 bits per heavy atom. The second kappa shape index (κ2) is 8.60. The number of hydrogen-bond donors (Lipinski definition) is 2. The first kappa shape index (κ1) is 19.1. The average molecular weight is 321 g/mol. The minimum atomic E-state index is -0.364. The Balaban J connectivity index is 2.56. The quantitative estimate of drug-likeness (QED) is 0.475. The normalized spacial score (nSPS) is 12.2. The maximum Gasteiger partial charge on any atom is 0.225 e. The molecule has 0 aromatic carbocycles. The Bertz CT molecular complexity index is 527. The van der Waals surface area contributed by atoms with Gasteiger partial charge in [0.25, 0.3) is 0 Å². The third-order valence-corrected chi connectivity index (χ3v) is 3.49. The van der Waals surface area contributed by atoms with Crippen LogP contribution < -0.4 is 10.6 Å². The molecule has 0 fully saturated rings. The van der Waals surface area contributed by atoms with Crippen molar-refractivity contribution in [1.82, 2.24) is 20.1 Å². The molecule has 0 radical (unpaired) electrons. The molecule has 1 rings (SSSR count). The van der Waals surface area contributed by atoms with Crippen molar-refractivity contribution in [3.63, 3.8) is 0 Å². The summed E-state index contributed by atoms with van der Waals surface area (Å²) >= 11 is 0.